The summed E-state index contributed by atoms with van der Waals surface area (Å²) < 4.78 is 18.6. The number of fused-ring (bicyclic) bond motifs is 1. The molecule has 1 aliphatic rings. The molecule has 5 rings (SSSR count). The molecular formula is C30H25ClN2O5S. The molecule has 0 saturated heterocycles. The van der Waals surface area contributed by atoms with Gasteiger partial charge in [-0.05, 0) is 54.5 Å². The fourth-order valence-corrected chi connectivity index (χ4v) is 5.72. The number of esters is 1. The lowest BCUT2D eigenvalue weighted by atomic mass is 9.95. The maximum Gasteiger partial charge on any atom is 0.338 e. The molecule has 0 saturated carbocycles. The number of hydrogen-bond donors (Lipinski definition) is 0. The van der Waals surface area contributed by atoms with Gasteiger partial charge in [0, 0.05) is 10.6 Å². The Balaban J connectivity index is 1.60. The molecule has 39 heavy (non-hydrogen) atoms. The van der Waals surface area contributed by atoms with Crippen LogP contribution in [0.5, 0.6) is 11.5 Å². The number of nitrogens with zero attached hydrogens (tertiary/aromatic N) is 2. The largest absolute Gasteiger partial charge is 0.496 e. The Kier molecular flexibility index (Phi) is 7.67. The molecule has 198 valence electrons. The number of methoxy groups -OCH3 is 2. The first kappa shape index (κ1) is 26.5. The van der Waals surface area contributed by atoms with E-state index in [2.05, 4.69) is 4.99 Å². The molecule has 0 radical (unpaired) electrons. The summed E-state index contributed by atoms with van der Waals surface area (Å²) in [4.78, 5) is 31.8. The summed E-state index contributed by atoms with van der Waals surface area (Å²) in [5.41, 5.74) is 2.82. The summed E-state index contributed by atoms with van der Waals surface area (Å²) in [5.74, 6) is 0.588. The van der Waals surface area contributed by atoms with E-state index in [1.54, 1.807) is 31.2 Å². The van der Waals surface area contributed by atoms with Crippen molar-refractivity contribution in [2.45, 2.75) is 19.6 Å². The van der Waals surface area contributed by atoms with E-state index in [1.165, 1.54) is 30.1 Å². The molecule has 0 bridgehead atoms. The third kappa shape index (κ3) is 5.39. The summed E-state index contributed by atoms with van der Waals surface area (Å²) in [7, 11) is 2.82. The highest BCUT2D eigenvalue weighted by Gasteiger charge is 2.35. The lowest BCUT2D eigenvalue weighted by Crippen LogP contribution is -2.40. The fraction of sp³-hybridized carbons (Fsp3) is 0.167. The Labute approximate surface area is 233 Å². The quantitative estimate of drug-likeness (QED) is 0.307. The molecule has 0 spiro atoms. The summed E-state index contributed by atoms with van der Waals surface area (Å²) >= 11 is 7.58. The maximum absolute atomic E-state index is 13.8. The smallest absolute Gasteiger partial charge is 0.338 e. The van der Waals surface area contributed by atoms with Gasteiger partial charge in [0.15, 0.2) is 4.80 Å². The van der Waals surface area contributed by atoms with Gasteiger partial charge in [-0.1, -0.05) is 65.4 Å². The van der Waals surface area contributed by atoms with Crippen LogP contribution in [0.3, 0.4) is 0 Å². The predicted molar refractivity (Wildman–Crippen MR) is 151 cm³/mol. The molecule has 1 aromatic heterocycles. The molecular weight excluding hydrogens is 536 g/mol. The van der Waals surface area contributed by atoms with Crippen molar-refractivity contribution in [1.82, 2.24) is 4.57 Å². The van der Waals surface area contributed by atoms with Crippen LogP contribution in [0.15, 0.2) is 93.9 Å². The Hall–Kier alpha value is -4.14. The van der Waals surface area contributed by atoms with Crippen molar-refractivity contribution in [3.05, 3.63) is 125 Å². The van der Waals surface area contributed by atoms with Crippen LogP contribution in [0, 0.1) is 0 Å². The second-order valence-corrected chi connectivity index (χ2v) is 10.3. The summed E-state index contributed by atoms with van der Waals surface area (Å²) in [6, 6.07) is 21.7. The van der Waals surface area contributed by atoms with Gasteiger partial charge < -0.3 is 14.2 Å². The summed E-state index contributed by atoms with van der Waals surface area (Å²) in [5, 5.41) is 0.444. The van der Waals surface area contributed by atoms with Gasteiger partial charge in [-0.2, -0.15) is 0 Å². The van der Waals surface area contributed by atoms with E-state index in [1.807, 2.05) is 54.6 Å². The van der Waals surface area contributed by atoms with E-state index < -0.39 is 12.0 Å². The molecule has 0 fully saturated rings. The van der Waals surface area contributed by atoms with Crippen LogP contribution in [-0.4, -0.2) is 24.8 Å². The molecule has 4 aromatic rings. The van der Waals surface area contributed by atoms with Crippen LogP contribution in [0.4, 0.5) is 0 Å². The molecule has 1 atom stereocenters. The molecule has 9 heteroatoms. The van der Waals surface area contributed by atoms with E-state index in [0.717, 1.165) is 11.1 Å². The number of allylic oxidation sites excluding steroid dienone is 1. The van der Waals surface area contributed by atoms with Crippen LogP contribution in [0.2, 0.25) is 5.02 Å². The lowest BCUT2D eigenvalue weighted by Gasteiger charge is -2.25. The van der Waals surface area contributed by atoms with E-state index >= 15 is 0 Å². The van der Waals surface area contributed by atoms with Gasteiger partial charge in [0.05, 0.1) is 30.0 Å². The second kappa shape index (κ2) is 11.3. The third-order valence-electron chi connectivity index (χ3n) is 6.32. The predicted octanol–water partition coefficient (Wildman–Crippen LogP) is 4.65. The number of benzene rings is 3. The minimum atomic E-state index is -0.829. The van der Waals surface area contributed by atoms with Gasteiger partial charge >= 0.3 is 5.97 Å². The van der Waals surface area contributed by atoms with Gasteiger partial charge in [-0.15, -0.1) is 0 Å². The SMILES string of the molecule is COC(=O)C1=C(C)N=c2s/c(=C\c3cccc(OCc4ccccc4)c3)c(=O)n2[C@@H]1c1cc(Cl)ccc1OC. The highest BCUT2D eigenvalue weighted by molar-refractivity contribution is 7.07. The normalized spacial score (nSPS) is 15.0. The third-order valence-corrected chi connectivity index (χ3v) is 7.54. The summed E-state index contributed by atoms with van der Waals surface area (Å²) in [6.07, 6.45) is 1.79. The van der Waals surface area contributed by atoms with Gasteiger partial charge in [-0.3, -0.25) is 9.36 Å². The molecule has 0 amide bonds. The van der Waals surface area contributed by atoms with E-state index in [0.29, 0.717) is 43.7 Å². The van der Waals surface area contributed by atoms with Crippen LogP contribution in [0.1, 0.15) is 29.7 Å². The van der Waals surface area contributed by atoms with Crippen LogP contribution in [0.25, 0.3) is 6.08 Å². The van der Waals surface area contributed by atoms with Crippen molar-refractivity contribution in [1.29, 1.82) is 0 Å². The molecule has 0 aliphatic carbocycles. The number of ether oxygens (including phenoxy) is 3. The number of halogens is 1. The molecule has 0 N–H and O–H groups in total. The minimum absolute atomic E-state index is 0.244. The fourth-order valence-electron chi connectivity index (χ4n) is 4.49. The highest BCUT2D eigenvalue weighted by Crippen LogP contribution is 2.37. The first-order chi connectivity index (χ1) is 18.9. The van der Waals surface area contributed by atoms with Crippen molar-refractivity contribution in [2.24, 2.45) is 4.99 Å². The molecule has 2 heterocycles. The van der Waals surface area contributed by atoms with E-state index in [9.17, 15) is 9.59 Å². The second-order valence-electron chi connectivity index (χ2n) is 8.81. The molecule has 7 nitrogen and oxygen atoms in total. The summed E-state index contributed by atoms with van der Waals surface area (Å²) in [6.45, 7) is 2.16. The zero-order valence-corrected chi connectivity index (χ0v) is 23.1. The van der Waals surface area contributed by atoms with Crippen molar-refractivity contribution in [2.75, 3.05) is 14.2 Å². The van der Waals surface area contributed by atoms with Crippen LogP contribution < -0.4 is 24.4 Å². The van der Waals surface area contributed by atoms with Crippen LogP contribution in [-0.2, 0) is 16.1 Å². The van der Waals surface area contributed by atoms with Gasteiger partial charge in [0.2, 0.25) is 0 Å². The number of hydrogen-bond acceptors (Lipinski definition) is 7. The number of rotatable bonds is 7. The van der Waals surface area contributed by atoms with Gasteiger partial charge in [0.25, 0.3) is 5.56 Å². The van der Waals surface area contributed by atoms with Gasteiger partial charge in [-0.25, -0.2) is 9.79 Å². The van der Waals surface area contributed by atoms with E-state index in [4.69, 9.17) is 25.8 Å². The lowest BCUT2D eigenvalue weighted by molar-refractivity contribution is -0.136. The minimum Gasteiger partial charge on any atom is -0.496 e. The van der Waals surface area contributed by atoms with E-state index in [-0.39, 0.29) is 11.1 Å². The monoisotopic (exact) mass is 560 g/mol. The maximum atomic E-state index is 13.8. The molecule has 3 aromatic carbocycles. The van der Waals surface area contributed by atoms with Crippen LogP contribution >= 0.6 is 22.9 Å². The van der Waals surface area contributed by atoms with Crippen molar-refractivity contribution in [3.63, 3.8) is 0 Å². The van der Waals surface area contributed by atoms with Gasteiger partial charge in [0.1, 0.15) is 24.1 Å². The molecule has 0 unspecified atom stereocenters. The number of carbonyl (C=O) groups is 1. The Bertz CT molecular complexity index is 1760. The number of carbonyl (C=O) groups excluding carboxylic acids is 1. The average Bonchev–Trinajstić information content (AvgIpc) is 3.25. The number of thiazole rings is 1. The van der Waals surface area contributed by atoms with Crippen molar-refractivity contribution < 1.29 is 19.0 Å². The standard InChI is InChI=1S/C30H25ClN2O5S/c1-18-26(29(35)37-3)27(23-16-21(31)12-13-24(23)36-2)33-28(34)25(39-30(33)32-18)15-20-10-7-11-22(14-20)38-17-19-8-5-4-6-9-19/h4-16,27H,17H2,1-3H3/b25-15-/t27-/m1/s1. The topological polar surface area (TPSA) is 79.1 Å². The number of aromatic nitrogens is 1. The Morgan fingerprint density at radius 3 is 2.62 bits per heavy atom. The Morgan fingerprint density at radius 2 is 1.87 bits per heavy atom. The first-order valence-electron chi connectivity index (χ1n) is 12.1. The first-order valence-corrected chi connectivity index (χ1v) is 13.3. The van der Waals surface area contributed by atoms with Crippen molar-refractivity contribution >= 4 is 35.0 Å². The Morgan fingerprint density at radius 1 is 1.08 bits per heavy atom. The molecule has 1 aliphatic heterocycles. The average molecular weight is 561 g/mol. The highest BCUT2D eigenvalue weighted by atomic mass is 35.5. The zero-order chi connectivity index (χ0) is 27.5. The zero-order valence-electron chi connectivity index (χ0n) is 21.5. The van der Waals surface area contributed by atoms with Crippen molar-refractivity contribution in [3.8, 4) is 11.5 Å².